The van der Waals surface area contributed by atoms with E-state index >= 15 is 0 Å². The van der Waals surface area contributed by atoms with Crippen LogP contribution in [0.15, 0.2) is 17.4 Å². The van der Waals surface area contributed by atoms with Crippen LogP contribution in [0.25, 0.3) is 0 Å². The van der Waals surface area contributed by atoms with Gasteiger partial charge in [-0.2, -0.15) is 0 Å². The summed E-state index contributed by atoms with van der Waals surface area (Å²) in [5, 5.41) is 6.86. The number of nitrogens with zero attached hydrogens (tertiary/aromatic N) is 3. The molecule has 0 saturated heterocycles. The normalized spacial score (nSPS) is 9.08. The molecule has 0 radical (unpaired) electrons. The Hall–Kier alpha value is -1.78. The first-order valence-electron chi connectivity index (χ1n) is 3.93. The van der Waals surface area contributed by atoms with Crippen LogP contribution in [-0.2, 0) is 0 Å². The van der Waals surface area contributed by atoms with Crippen molar-refractivity contribution in [2.24, 2.45) is 10.7 Å². The zero-order valence-corrected chi connectivity index (χ0v) is 7.73. The maximum Gasteiger partial charge on any atom is 0.172 e. The van der Waals surface area contributed by atoms with Crippen LogP contribution in [0.4, 0.5) is 5.82 Å². The third-order valence-electron chi connectivity index (χ3n) is 0.995. The topological polar surface area (TPSA) is 88.0 Å². The first-order chi connectivity index (χ1) is 6.36. The molecule has 0 aliphatic carbocycles. The molecule has 0 fully saturated rings. The van der Waals surface area contributed by atoms with Crippen molar-refractivity contribution >= 4 is 18.4 Å². The van der Waals surface area contributed by atoms with E-state index in [0.717, 1.165) is 12.6 Å². The number of nitrogens with two attached hydrogens (primary N) is 1. The zero-order valence-electron chi connectivity index (χ0n) is 7.73. The van der Waals surface area contributed by atoms with E-state index in [1.807, 2.05) is 13.8 Å². The Bertz CT molecular complexity index is 282. The van der Waals surface area contributed by atoms with E-state index in [-0.39, 0.29) is 0 Å². The summed E-state index contributed by atoms with van der Waals surface area (Å²) in [4.78, 5) is 11.4. The van der Waals surface area contributed by atoms with E-state index in [1.54, 1.807) is 0 Å². The maximum absolute atomic E-state index is 6.86. The Morgan fingerprint density at radius 2 is 2.15 bits per heavy atom. The number of rotatable bonds is 2. The fourth-order valence-corrected chi connectivity index (χ4v) is 0.578. The number of aliphatic imine (C=N–C) groups is 1. The van der Waals surface area contributed by atoms with Gasteiger partial charge in [0, 0.05) is 6.21 Å². The van der Waals surface area contributed by atoms with E-state index in [9.17, 15) is 0 Å². The Morgan fingerprint density at radius 1 is 1.46 bits per heavy atom. The van der Waals surface area contributed by atoms with Gasteiger partial charge in [-0.3, -0.25) is 4.98 Å². The Labute approximate surface area is 77.3 Å². The summed E-state index contributed by atoms with van der Waals surface area (Å²) in [5.74, 6) is 0.411. The van der Waals surface area contributed by atoms with Crippen molar-refractivity contribution < 1.29 is 0 Å². The third-order valence-corrected chi connectivity index (χ3v) is 0.995. The van der Waals surface area contributed by atoms with Crippen LogP contribution in [0.3, 0.4) is 0 Å². The second-order valence-corrected chi connectivity index (χ2v) is 1.72. The summed E-state index contributed by atoms with van der Waals surface area (Å²) in [6.45, 7) is 4.00. The average Bonchev–Trinajstić information content (AvgIpc) is 2.22. The lowest BCUT2D eigenvalue weighted by Crippen LogP contribution is -1.91. The first-order valence-corrected chi connectivity index (χ1v) is 3.93. The molecule has 5 heteroatoms. The Morgan fingerprint density at radius 3 is 2.69 bits per heavy atom. The van der Waals surface area contributed by atoms with E-state index in [4.69, 9.17) is 11.1 Å². The van der Waals surface area contributed by atoms with Gasteiger partial charge < -0.3 is 11.1 Å². The zero-order chi connectivity index (χ0) is 10.1. The van der Waals surface area contributed by atoms with Crippen LogP contribution in [0, 0.1) is 5.41 Å². The third kappa shape index (κ3) is 3.95. The number of aromatic nitrogens is 2. The van der Waals surface area contributed by atoms with E-state index in [2.05, 4.69) is 15.0 Å². The number of hydrogen-bond acceptors (Lipinski definition) is 4. The summed E-state index contributed by atoms with van der Waals surface area (Å²) in [6, 6.07) is 0. The molecule has 0 unspecified atom stereocenters. The van der Waals surface area contributed by atoms with E-state index in [1.165, 1.54) is 12.4 Å². The molecule has 1 heterocycles. The van der Waals surface area contributed by atoms with Crippen LogP contribution in [0.1, 0.15) is 19.5 Å². The molecule has 3 N–H and O–H groups in total. The fraction of sp³-hybridized carbons (Fsp3) is 0.250. The minimum atomic E-state index is 0.411. The largest absolute Gasteiger partial charge is 0.390 e. The van der Waals surface area contributed by atoms with Gasteiger partial charge in [0.15, 0.2) is 5.82 Å². The van der Waals surface area contributed by atoms with Gasteiger partial charge in [-0.05, 0) is 0 Å². The fourth-order valence-electron chi connectivity index (χ4n) is 0.578. The second-order valence-electron chi connectivity index (χ2n) is 1.72. The minimum absolute atomic E-state index is 0.411. The monoisotopic (exact) mass is 179 g/mol. The van der Waals surface area contributed by atoms with Crippen LogP contribution < -0.4 is 5.73 Å². The highest BCUT2D eigenvalue weighted by Gasteiger charge is 1.91. The maximum atomic E-state index is 6.86. The van der Waals surface area contributed by atoms with Crippen LogP contribution in [0.5, 0.6) is 0 Å². The molecule has 0 atom stereocenters. The molecular weight excluding hydrogens is 166 g/mol. The quantitative estimate of drug-likeness (QED) is 0.526. The number of nitrogens with one attached hydrogen (secondary N) is 1. The van der Waals surface area contributed by atoms with Gasteiger partial charge in [-0.1, -0.05) is 13.8 Å². The molecule has 1 aromatic heterocycles. The molecule has 1 rings (SSSR count). The lowest BCUT2D eigenvalue weighted by atomic mass is 10.5. The molecule has 0 aliphatic rings. The SMILES string of the molecule is CC.N=Cc1cncc(N=CN)n1. The number of hydrogen-bond donors (Lipinski definition) is 2. The molecule has 0 aliphatic heterocycles. The summed E-state index contributed by atoms with van der Waals surface area (Å²) < 4.78 is 0. The lowest BCUT2D eigenvalue weighted by Gasteiger charge is -1.91. The molecule has 1 aromatic rings. The van der Waals surface area contributed by atoms with Gasteiger partial charge >= 0.3 is 0 Å². The molecule has 0 bridgehead atoms. The predicted molar refractivity (Wildman–Crippen MR) is 53.6 cm³/mol. The van der Waals surface area contributed by atoms with Crippen molar-refractivity contribution in [3.05, 3.63) is 18.1 Å². The standard InChI is InChI=1S/C6H7N5.C2H6/c7-1-5-2-9-3-6(11-5)10-4-8;1-2/h1-4,7H,(H2,8,10,11);1-2H3. The van der Waals surface area contributed by atoms with Gasteiger partial charge in [0.05, 0.1) is 18.7 Å². The lowest BCUT2D eigenvalue weighted by molar-refractivity contribution is 1.16. The Kier molecular flexibility index (Phi) is 5.96. The van der Waals surface area contributed by atoms with Crippen molar-refractivity contribution in [2.75, 3.05) is 0 Å². The first kappa shape index (κ1) is 11.2. The van der Waals surface area contributed by atoms with Crippen molar-refractivity contribution in [3.8, 4) is 0 Å². The molecule has 13 heavy (non-hydrogen) atoms. The predicted octanol–water partition coefficient (Wildman–Crippen LogP) is 1.12. The highest BCUT2D eigenvalue weighted by Crippen LogP contribution is 2.02. The van der Waals surface area contributed by atoms with Crippen molar-refractivity contribution in [1.82, 2.24) is 9.97 Å². The van der Waals surface area contributed by atoms with Crippen LogP contribution in [-0.4, -0.2) is 22.5 Å². The minimum Gasteiger partial charge on any atom is -0.390 e. The molecule has 0 amide bonds. The molecular formula is C8H13N5. The van der Waals surface area contributed by atoms with Gasteiger partial charge in [0.25, 0.3) is 0 Å². The van der Waals surface area contributed by atoms with Gasteiger partial charge in [-0.15, -0.1) is 0 Å². The van der Waals surface area contributed by atoms with Crippen molar-refractivity contribution in [1.29, 1.82) is 5.41 Å². The molecule has 0 saturated carbocycles. The average molecular weight is 179 g/mol. The highest BCUT2D eigenvalue weighted by atomic mass is 15.0. The van der Waals surface area contributed by atoms with Gasteiger partial charge in [-0.25, -0.2) is 9.98 Å². The highest BCUT2D eigenvalue weighted by molar-refractivity contribution is 5.74. The summed E-state index contributed by atoms with van der Waals surface area (Å²) in [7, 11) is 0. The summed E-state index contributed by atoms with van der Waals surface area (Å²) in [5.41, 5.74) is 5.50. The summed E-state index contributed by atoms with van der Waals surface area (Å²) in [6.07, 6.45) is 5.18. The molecule has 5 nitrogen and oxygen atoms in total. The van der Waals surface area contributed by atoms with Gasteiger partial charge in [0.1, 0.15) is 5.69 Å². The van der Waals surface area contributed by atoms with E-state index in [0.29, 0.717) is 11.5 Å². The second kappa shape index (κ2) is 6.90. The van der Waals surface area contributed by atoms with Crippen molar-refractivity contribution in [2.45, 2.75) is 13.8 Å². The van der Waals surface area contributed by atoms with Crippen molar-refractivity contribution in [3.63, 3.8) is 0 Å². The molecule has 0 aromatic carbocycles. The smallest absolute Gasteiger partial charge is 0.172 e. The van der Waals surface area contributed by atoms with Gasteiger partial charge in [0.2, 0.25) is 0 Å². The Balaban J connectivity index is 0.000000671. The molecule has 0 spiro atoms. The molecule has 70 valence electrons. The van der Waals surface area contributed by atoms with Crippen LogP contribution >= 0.6 is 0 Å². The summed E-state index contributed by atoms with van der Waals surface area (Å²) >= 11 is 0. The van der Waals surface area contributed by atoms with Crippen LogP contribution in [0.2, 0.25) is 0 Å². The van der Waals surface area contributed by atoms with E-state index < -0.39 is 0 Å².